The molecule has 25 heavy (non-hydrogen) atoms. The number of nitrogens with one attached hydrogen (secondary N) is 2. The number of guanidine groups is 1. The molecular formula is C17H27BrClIN4O. The average molecular weight is 546 g/mol. The molecule has 5 nitrogen and oxygen atoms in total. The summed E-state index contributed by atoms with van der Waals surface area (Å²) >= 11 is 9.55. The molecule has 1 amide bonds. The molecule has 0 aliphatic rings. The molecule has 0 aromatic heterocycles. The number of hydrogen-bond donors (Lipinski definition) is 2. The molecule has 2 N–H and O–H groups in total. The number of carbonyl (C=O) groups is 1. The number of halogens is 3. The molecule has 0 aliphatic carbocycles. The van der Waals surface area contributed by atoms with E-state index in [4.69, 9.17) is 11.6 Å². The fourth-order valence-electron chi connectivity index (χ4n) is 2.18. The first kappa shape index (κ1) is 24.5. The predicted octanol–water partition coefficient (Wildman–Crippen LogP) is 3.68. The number of likely N-dealkylation sites (N-methyl/N-ethyl adjacent to an activating group) is 1. The van der Waals surface area contributed by atoms with Gasteiger partial charge in [0.1, 0.15) is 0 Å². The third-order valence-corrected chi connectivity index (χ3v) is 4.16. The van der Waals surface area contributed by atoms with E-state index in [1.165, 1.54) is 0 Å². The normalized spacial score (nSPS) is 11.6. The van der Waals surface area contributed by atoms with Crippen molar-refractivity contribution in [2.45, 2.75) is 32.7 Å². The van der Waals surface area contributed by atoms with E-state index >= 15 is 0 Å². The third-order valence-electron chi connectivity index (χ3n) is 3.15. The number of benzene rings is 1. The molecule has 0 unspecified atom stereocenters. The van der Waals surface area contributed by atoms with Gasteiger partial charge in [0.05, 0.1) is 6.54 Å². The Kier molecular flexibility index (Phi) is 11.0. The second-order valence-electron chi connectivity index (χ2n) is 6.61. The molecule has 0 spiro atoms. The van der Waals surface area contributed by atoms with E-state index in [1.54, 1.807) is 11.9 Å². The summed E-state index contributed by atoms with van der Waals surface area (Å²) < 4.78 is 1.03. The number of aliphatic imine (C=N–C) groups is 1. The zero-order valence-electron chi connectivity index (χ0n) is 15.3. The van der Waals surface area contributed by atoms with Gasteiger partial charge in [-0.2, -0.15) is 0 Å². The molecule has 1 aromatic carbocycles. The van der Waals surface area contributed by atoms with Gasteiger partial charge in [0.2, 0.25) is 5.91 Å². The number of rotatable bonds is 5. The van der Waals surface area contributed by atoms with Crippen LogP contribution in [0.3, 0.4) is 0 Å². The SMILES string of the molecule is CN=C(NCCc1cc(Cl)ccc1Br)N(C)CC(=O)NC(C)(C)C.I. The maximum absolute atomic E-state index is 12.0. The van der Waals surface area contributed by atoms with Crippen molar-refractivity contribution in [1.82, 2.24) is 15.5 Å². The van der Waals surface area contributed by atoms with E-state index in [0.717, 1.165) is 16.5 Å². The van der Waals surface area contributed by atoms with Crippen LogP contribution in [0.1, 0.15) is 26.3 Å². The lowest BCUT2D eigenvalue weighted by atomic mass is 10.1. The Hall–Kier alpha value is -0.540. The number of amides is 1. The van der Waals surface area contributed by atoms with E-state index in [0.29, 0.717) is 17.5 Å². The summed E-state index contributed by atoms with van der Waals surface area (Å²) in [6, 6.07) is 5.73. The van der Waals surface area contributed by atoms with Crippen LogP contribution in [0.15, 0.2) is 27.7 Å². The third kappa shape index (κ3) is 9.65. The highest BCUT2D eigenvalue weighted by atomic mass is 127. The molecule has 0 saturated heterocycles. The van der Waals surface area contributed by atoms with Crippen molar-refractivity contribution in [3.63, 3.8) is 0 Å². The highest BCUT2D eigenvalue weighted by molar-refractivity contribution is 14.0. The van der Waals surface area contributed by atoms with E-state index in [2.05, 4.69) is 31.6 Å². The minimum atomic E-state index is -0.242. The zero-order chi connectivity index (χ0) is 18.3. The van der Waals surface area contributed by atoms with Gasteiger partial charge in [0, 0.05) is 35.7 Å². The van der Waals surface area contributed by atoms with Gasteiger partial charge in [0.25, 0.3) is 0 Å². The minimum absolute atomic E-state index is 0. The monoisotopic (exact) mass is 544 g/mol. The minimum Gasteiger partial charge on any atom is -0.356 e. The van der Waals surface area contributed by atoms with Gasteiger partial charge in [-0.3, -0.25) is 9.79 Å². The van der Waals surface area contributed by atoms with Crippen molar-refractivity contribution in [1.29, 1.82) is 0 Å². The van der Waals surface area contributed by atoms with E-state index in [9.17, 15) is 4.79 Å². The molecule has 142 valence electrons. The van der Waals surface area contributed by atoms with Crippen LogP contribution in [0.2, 0.25) is 5.02 Å². The van der Waals surface area contributed by atoms with Crippen LogP contribution in [0.25, 0.3) is 0 Å². The van der Waals surface area contributed by atoms with Crippen LogP contribution in [0.5, 0.6) is 0 Å². The highest BCUT2D eigenvalue weighted by Gasteiger charge is 2.16. The second kappa shape index (κ2) is 11.2. The van der Waals surface area contributed by atoms with Gasteiger partial charge in [-0.15, -0.1) is 24.0 Å². The topological polar surface area (TPSA) is 56.7 Å². The average Bonchev–Trinajstić information content (AvgIpc) is 2.44. The molecule has 0 aliphatic heterocycles. The predicted molar refractivity (Wildman–Crippen MR) is 120 cm³/mol. The molecule has 1 aromatic rings. The summed E-state index contributed by atoms with van der Waals surface area (Å²) in [5.74, 6) is 0.641. The molecule has 0 heterocycles. The standard InChI is InChI=1S/C17H26BrClN4O.HI/c1-17(2,3)22-15(24)11-23(5)16(20-4)21-9-8-12-10-13(19)6-7-14(12)18;/h6-7,10H,8-9,11H2,1-5H3,(H,20,21)(H,22,24);1H. The maximum Gasteiger partial charge on any atom is 0.240 e. The summed E-state index contributed by atoms with van der Waals surface area (Å²) in [5.41, 5.74) is 0.881. The van der Waals surface area contributed by atoms with Gasteiger partial charge < -0.3 is 15.5 Å². The van der Waals surface area contributed by atoms with Crippen LogP contribution in [-0.4, -0.2) is 49.5 Å². The molecule has 0 bridgehead atoms. The fraction of sp³-hybridized carbons (Fsp3) is 0.529. The molecule has 0 atom stereocenters. The first-order valence-corrected chi connectivity index (χ1v) is 8.96. The highest BCUT2D eigenvalue weighted by Crippen LogP contribution is 2.21. The lowest BCUT2D eigenvalue weighted by Gasteiger charge is -2.25. The number of carbonyl (C=O) groups excluding carboxylic acids is 1. The first-order valence-electron chi connectivity index (χ1n) is 7.79. The van der Waals surface area contributed by atoms with E-state index < -0.39 is 0 Å². The summed E-state index contributed by atoms with van der Waals surface area (Å²) in [6.45, 7) is 6.82. The van der Waals surface area contributed by atoms with Gasteiger partial charge in [0.15, 0.2) is 5.96 Å². The number of nitrogens with zero attached hydrogens (tertiary/aromatic N) is 2. The summed E-state index contributed by atoms with van der Waals surface area (Å²) in [7, 11) is 3.54. The zero-order valence-corrected chi connectivity index (χ0v) is 20.0. The molecule has 1 rings (SSSR count). The lowest BCUT2D eigenvalue weighted by molar-refractivity contribution is -0.122. The molecule has 8 heteroatoms. The fourth-order valence-corrected chi connectivity index (χ4v) is 2.82. The Labute approximate surface area is 181 Å². The Morgan fingerprint density at radius 2 is 2.00 bits per heavy atom. The Bertz CT molecular complexity index is 605. The van der Waals surface area contributed by atoms with E-state index in [1.807, 2.05) is 46.0 Å². The molecule has 0 radical (unpaired) electrons. The first-order chi connectivity index (χ1) is 11.1. The Balaban J connectivity index is 0.00000576. The molecule has 0 fully saturated rings. The summed E-state index contributed by atoms with van der Waals surface area (Å²) in [4.78, 5) is 18.0. The van der Waals surface area contributed by atoms with Crippen LogP contribution < -0.4 is 10.6 Å². The van der Waals surface area contributed by atoms with Gasteiger partial charge >= 0.3 is 0 Å². The van der Waals surface area contributed by atoms with Crippen molar-refractivity contribution in [2.24, 2.45) is 4.99 Å². The van der Waals surface area contributed by atoms with E-state index in [-0.39, 0.29) is 42.0 Å². The van der Waals surface area contributed by atoms with Crippen LogP contribution in [0, 0.1) is 0 Å². The smallest absolute Gasteiger partial charge is 0.240 e. The lowest BCUT2D eigenvalue weighted by Crippen LogP contribution is -2.49. The van der Waals surface area contributed by atoms with Crippen LogP contribution in [-0.2, 0) is 11.2 Å². The van der Waals surface area contributed by atoms with Crippen molar-refractivity contribution >= 4 is 63.4 Å². The van der Waals surface area contributed by atoms with Gasteiger partial charge in [-0.05, 0) is 51.0 Å². The second-order valence-corrected chi connectivity index (χ2v) is 7.90. The largest absolute Gasteiger partial charge is 0.356 e. The van der Waals surface area contributed by atoms with Crippen molar-refractivity contribution < 1.29 is 4.79 Å². The van der Waals surface area contributed by atoms with Crippen molar-refractivity contribution in [3.8, 4) is 0 Å². The maximum atomic E-state index is 12.0. The van der Waals surface area contributed by atoms with Gasteiger partial charge in [-0.25, -0.2) is 0 Å². The number of hydrogen-bond acceptors (Lipinski definition) is 2. The Morgan fingerprint density at radius 3 is 2.56 bits per heavy atom. The quantitative estimate of drug-likeness (QED) is 0.337. The molecular weight excluding hydrogens is 518 g/mol. The van der Waals surface area contributed by atoms with Crippen LogP contribution >= 0.6 is 51.5 Å². The van der Waals surface area contributed by atoms with Gasteiger partial charge in [-0.1, -0.05) is 27.5 Å². The molecule has 0 saturated carbocycles. The van der Waals surface area contributed by atoms with Crippen molar-refractivity contribution in [3.05, 3.63) is 33.3 Å². The van der Waals surface area contributed by atoms with Crippen LogP contribution in [0.4, 0.5) is 0 Å². The Morgan fingerprint density at radius 1 is 1.36 bits per heavy atom. The van der Waals surface area contributed by atoms with Crippen molar-refractivity contribution in [2.75, 3.05) is 27.2 Å². The summed E-state index contributed by atoms with van der Waals surface area (Å²) in [6.07, 6.45) is 0.794. The summed E-state index contributed by atoms with van der Waals surface area (Å²) in [5, 5.41) is 6.92.